The molecule has 7 heteroatoms. The van der Waals surface area contributed by atoms with Gasteiger partial charge in [-0.25, -0.2) is 13.8 Å². The summed E-state index contributed by atoms with van der Waals surface area (Å²) in [6, 6.07) is 20.9. The van der Waals surface area contributed by atoms with Crippen LogP contribution in [0.2, 0.25) is 0 Å². The molecule has 0 unspecified atom stereocenters. The molecule has 3 aromatic carbocycles. The van der Waals surface area contributed by atoms with Gasteiger partial charge in [-0.15, -0.1) is 0 Å². The fourth-order valence-electron chi connectivity index (χ4n) is 4.88. The number of aryl methyl sites for hydroxylation is 1. The van der Waals surface area contributed by atoms with E-state index in [9.17, 15) is 13.6 Å². The number of hydrazone groups is 1. The van der Waals surface area contributed by atoms with Crippen LogP contribution in [0.25, 0.3) is 0 Å². The molecule has 1 amide bonds. The molecular formula is C28H28F2N4O. The normalized spacial score (nSPS) is 18.6. The van der Waals surface area contributed by atoms with Crippen molar-refractivity contribution in [3.8, 4) is 0 Å². The number of para-hydroxylation sites is 1. The molecule has 0 spiro atoms. The Hall–Kier alpha value is -3.58. The molecule has 0 saturated carbocycles. The van der Waals surface area contributed by atoms with Crippen LogP contribution in [0.1, 0.15) is 29.2 Å². The molecule has 2 heterocycles. The van der Waals surface area contributed by atoms with Crippen LogP contribution < -0.4 is 4.90 Å². The van der Waals surface area contributed by atoms with Crippen molar-refractivity contribution in [1.82, 2.24) is 9.91 Å². The maximum Gasteiger partial charge on any atom is 0.257 e. The average molecular weight is 475 g/mol. The molecule has 0 bridgehead atoms. The highest BCUT2D eigenvalue weighted by molar-refractivity contribution is 6.03. The van der Waals surface area contributed by atoms with Gasteiger partial charge in [0.15, 0.2) is 0 Å². The summed E-state index contributed by atoms with van der Waals surface area (Å²) in [6.07, 6.45) is 0.573. The molecule has 0 radical (unpaired) electrons. The third kappa shape index (κ3) is 4.95. The minimum Gasteiger partial charge on any atom is -0.367 e. The van der Waals surface area contributed by atoms with Gasteiger partial charge >= 0.3 is 0 Å². The minimum atomic E-state index is -0.301. The Kier molecular flexibility index (Phi) is 6.59. The van der Waals surface area contributed by atoms with Crippen molar-refractivity contribution in [3.63, 3.8) is 0 Å². The number of nitrogens with zero attached hydrogens (tertiary/aromatic N) is 4. The molecule has 0 aliphatic carbocycles. The van der Waals surface area contributed by atoms with Gasteiger partial charge in [0.2, 0.25) is 0 Å². The topological polar surface area (TPSA) is 39.2 Å². The summed E-state index contributed by atoms with van der Waals surface area (Å²) in [5.74, 6) is -0.599. The Bertz CT molecular complexity index is 1240. The summed E-state index contributed by atoms with van der Waals surface area (Å²) in [5.41, 5.74) is 4.36. The van der Waals surface area contributed by atoms with E-state index in [1.807, 2.05) is 42.2 Å². The lowest BCUT2D eigenvalue weighted by Gasteiger charge is -2.36. The second-order valence-corrected chi connectivity index (χ2v) is 9.08. The van der Waals surface area contributed by atoms with Crippen molar-refractivity contribution < 1.29 is 13.6 Å². The summed E-state index contributed by atoms with van der Waals surface area (Å²) in [4.78, 5) is 17.6. The maximum atomic E-state index is 14.2. The van der Waals surface area contributed by atoms with Gasteiger partial charge in [0.25, 0.3) is 5.91 Å². The molecule has 180 valence electrons. The quantitative estimate of drug-likeness (QED) is 0.535. The number of carbonyl (C=O) groups excluding carboxylic acids is 1. The summed E-state index contributed by atoms with van der Waals surface area (Å²) in [7, 11) is 0. The predicted octanol–water partition coefficient (Wildman–Crippen LogP) is 4.77. The van der Waals surface area contributed by atoms with E-state index in [2.05, 4.69) is 4.90 Å². The Balaban J connectivity index is 1.32. The smallest absolute Gasteiger partial charge is 0.257 e. The lowest BCUT2D eigenvalue weighted by molar-refractivity contribution is -0.134. The number of rotatable bonds is 5. The van der Waals surface area contributed by atoms with Gasteiger partial charge in [-0.3, -0.25) is 9.69 Å². The fourth-order valence-corrected chi connectivity index (χ4v) is 4.88. The van der Waals surface area contributed by atoms with Crippen LogP contribution in [0, 0.1) is 18.6 Å². The number of halogens is 2. The lowest BCUT2D eigenvalue weighted by Crippen LogP contribution is -2.49. The highest BCUT2D eigenvalue weighted by Gasteiger charge is 2.35. The second-order valence-electron chi connectivity index (χ2n) is 9.08. The summed E-state index contributed by atoms with van der Waals surface area (Å²) in [5, 5.41) is 6.32. The molecule has 35 heavy (non-hydrogen) atoms. The third-order valence-corrected chi connectivity index (χ3v) is 6.82. The second kappa shape index (κ2) is 9.96. The first kappa shape index (κ1) is 23.2. The van der Waals surface area contributed by atoms with Crippen molar-refractivity contribution in [2.45, 2.75) is 19.4 Å². The first-order chi connectivity index (χ1) is 17.0. The van der Waals surface area contributed by atoms with E-state index >= 15 is 0 Å². The van der Waals surface area contributed by atoms with Gasteiger partial charge in [-0.1, -0.05) is 48.5 Å². The van der Waals surface area contributed by atoms with E-state index in [4.69, 9.17) is 5.10 Å². The SMILES string of the molecule is Cc1ccccc1[C@H]1CC(c2ccc(F)cc2)=NN1C(=O)CN1CCN(c2ccccc2F)CC1. The van der Waals surface area contributed by atoms with Crippen molar-refractivity contribution >= 4 is 17.3 Å². The average Bonchev–Trinajstić information content (AvgIpc) is 3.31. The van der Waals surface area contributed by atoms with E-state index in [0.717, 1.165) is 22.4 Å². The number of anilines is 1. The van der Waals surface area contributed by atoms with Crippen LogP contribution in [-0.4, -0.2) is 54.3 Å². The Morgan fingerprint density at radius 3 is 2.31 bits per heavy atom. The van der Waals surface area contributed by atoms with E-state index in [1.165, 1.54) is 18.2 Å². The van der Waals surface area contributed by atoms with Gasteiger partial charge < -0.3 is 4.90 Å². The zero-order valence-corrected chi connectivity index (χ0v) is 19.7. The first-order valence-electron chi connectivity index (χ1n) is 11.9. The molecule has 1 atom stereocenters. The van der Waals surface area contributed by atoms with Crippen molar-refractivity contribution in [1.29, 1.82) is 0 Å². The maximum absolute atomic E-state index is 14.2. The van der Waals surface area contributed by atoms with Gasteiger partial charge in [0.1, 0.15) is 11.6 Å². The Morgan fingerprint density at radius 1 is 0.914 bits per heavy atom. The highest BCUT2D eigenvalue weighted by atomic mass is 19.1. The van der Waals surface area contributed by atoms with Crippen LogP contribution in [0.5, 0.6) is 0 Å². The molecule has 1 saturated heterocycles. The van der Waals surface area contributed by atoms with E-state index in [-0.39, 0.29) is 30.1 Å². The predicted molar refractivity (Wildman–Crippen MR) is 133 cm³/mol. The lowest BCUT2D eigenvalue weighted by atomic mass is 9.95. The Labute approximate surface area is 204 Å². The molecule has 3 aromatic rings. The molecule has 5 nitrogen and oxygen atoms in total. The fraction of sp³-hybridized carbons (Fsp3) is 0.286. The molecule has 0 N–H and O–H groups in total. The van der Waals surface area contributed by atoms with Crippen molar-refractivity contribution in [2.24, 2.45) is 5.10 Å². The highest BCUT2D eigenvalue weighted by Crippen LogP contribution is 2.34. The van der Waals surface area contributed by atoms with Gasteiger partial charge in [0, 0.05) is 32.6 Å². The standard InChI is InChI=1S/C28H28F2N4O/c1-20-6-2-3-7-23(20)27-18-25(21-10-12-22(29)13-11-21)31-34(27)28(35)19-32-14-16-33(17-15-32)26-9-5-4-8-24(26)30/h2-13,27H,14-19H2,1H3/t27-/m1/s1. The summed E-state index contributed by atoms with van der Waals surface area (Å²) in [6.45, 7) is 4.91. The zero-order valence-electron chi connectivity index (χ0n) is 19.7. The van der Waals surface area contributed by atoms with Gasteiger partial charge in [-0.05, 0) is 47.9 Å². The molecular weight excluding hydrogens is 446 g/mol. The number of hydrogen-bond donors (Lipinski definition) is 0. The third-order valence-electron chi connectivity index (χ3n) is 6.82. The van der Waals surface area contributed by atoms with E-state index in [1.54, 1.807) is 29.3 Å². The zero-order chi connectivity index (χ0) is 24.4. The monoisotopic (exact) mass is 474 g/mol. The van der Waals surface area contributed by atoms with E-state index in [0.29, 0.717) is 38.3 Å². The first-order valence-corrected chi connectivity index (χ1v) is 11.9. The van der Waals surface area contributed by atoms with Crippen LogP contribution in [0.4, 0.5) is 14.5 Å². The number of hydrogen-bond acceptors (Lipinski definition) is 4. The van der Waals surface area contributed by atoms with Gasteiger partial charge in [-0.2, -0.15) is 5.10 Å². The van der Waals surface area contributed by atoms with Gasteiger partial charge in [0.05, 0.1) is 24.0 Å². The van der Waals surface area contributed by atoms with Crippen LogP contribution in [-0.2, 0) is 4.79 Å². The minimum absolute atomic E-state index is 0.0743. The molecule has 0 aromatic heterocycles. The van der Waals surface area contributed by atoms with E-state index < -0.39 is 0 Å². The number of amides is 1. The number of carbonyl (C=O) groups is 1. The number of piperazine rings is 1. The largest absolute Gasteiger partial charge is 0.367 e. The molecule has 2 aliphatic heterocycles. The molecule has 2 aliphatic rings. The van der Waals surface area contributed by atoms with Crippen molar-refractivity contribution in [2.75, 3.05) is 37.6 Å². The summed E-state index contributed by atoms with van der Waals surface area (Å²) < 4.78 is 27.6. The van der Waals surface area contributed by atoms with Crippen LogP contribution in [0.15, 0.2) is 77.9 Å². The van der Waals surface area contributed by atoms with Crippen LogP contribution >= 0.6 is 0 Å². The van der Waals surface area contributed by atoms with Crippen LogP contribution in [0.3, 0.4) is 0 Å². The molecule has 5 rings (SSSR count). The summed E-state index contributed by atoms with van der Waals surface area (Å²) >= 11 is 0. The Morgan fingerprint density at radius 2 is 1.60 bits per heavy atom. The number of benzene rings is 3. The molecule has 1 fully saturated rings. The van der Waals surface area contributed by atoms with Crippen molar-refractivity contribution in [3.05, 3.63) is 101 Å².